The van der Waals surface area contributed by atoms with E-state index in [-0.39, 0.29) is 12.0 Å². The first-order valence-corrected chi connectivity index (χ1v) is 8.91. The monoisotopic (exact) mass is 320 g/mol. The number of carbonyl (C=O) groups is 1. The molecule has 0 aromatic carbocycles. The molecule has 1 aromatic rings. The first kappa shape index (κ1) is 16.5. The molecule has 1 atom stereocenters. The van der Waals surface area contributed by atoms with Crippen LogP contribution in [0.4, 0.5) is 0 Å². The summed E-state index contributed by atoms with van der Waals surface area (Å²) >= 11 is 0. The van der Waals surface area contributed by atoms with Crippen molar-refractivity contribution in [3.63, 3.8) is 0 Å². The Hall–Kier alpha value is -1.40. The van der Waals surface area contributed by atoms with Crippen LogP contribution >= 0.6 is 0 Å². The number of hydrogen-bond acceptors (Lipinski definition) is 4. The molecule has 0 radical (unpaired) electrons. The van der Waals surface area contributed by atoms with Gasteiger partial charge in [0.15, 0.2) is 0 Å². The molecule has 23 heavy (non-hydrogen) atoms. The summed E-state index contributed by atoms with van der Waals surface area (Å²) in [5.74, 6) is 1.81. The second-order valence-electron chi connectivity index (χ2n) is 6.50. The van der Waals surface area contributed by atoms with Gasteiger partial charge >= 0.3 is 0 Å². The molecule has 6 nitrogen and oxygen atoms in total. The highest BCUT2D eigenvalue weighted by Gasteiger charge is 2.31. The number of imidazole rings is 1. The zero-order chi connectivity index (χ0) is 16.1. The first-order valence-electron chi connectivity index (χ1n) is 8.91. The SMILES string of the molecule is CCCCn1ccnc1C1CCN(C(=O)[C@@H]2CNCCO2)CC1. The Morgan fingerprint density at radius 2 is 2.26 bits per heavy atom. The number of amides is 1. The van der Waals surface area contributed by atoms with E-state index < -0.39 is 0 Å². The van der Waals surface area contributed by atoms with Gasteiger partial charge in [-0.05, 0) is 19.3 Å². The molecule has 1 amide bonds. The second-order valence-corrected chi connectivity index (χ2v) is 6.50. The van der Waals surface area contributed by atoms with E-state index in [0.717, 1.165) is 39.0 Å². The fraction of sp³-hybridized carbons (Fsp3) is 0.765. The average Bonchev–Trinajstić information content (AvgIpc) is 3.08. The molecular formula is C17H28N4O2. The number of hydrogen-bond donors (Lipinski definition) is 1. The van der Waals surface area contributed by atoms with E-state index in [0.29, 0.717) is 19.1 Å². The number of likely N-dealkylation sites (tertiary alicyclic amines) is 1. The van der Waals surface area contributed by atoms with Gasteiger partial charge in [0.2, 0.25) is 0 Å². The van der Waals surface area contributed by atoms with Crippen LogP contribution in [0.5, 0.6) is 0 Å². The lowest BCUT2D eigenvalue weighted by Crippen LogP contribution is -2.51. The lowest BCUT2D eigenvalue weighted by Gasteiger charge is -2.35. The molecule has 128 valence electrons. The fourth-order valence-electron chi connectivity index (χ4n) is 3.48. The first-order chi connectivity index (χ1) is 11.3. The predicted octanol–water partition coefficient (Wildman–Crippen LogP) is 1.38. The molecule has 2 fully saturated rings. The Bertz CT molecular complexity index is 502. The van der Waals surface area contributed by atoms with Crippen molar-refractivity contribution in [2.24, 2.45) is 0 Å². The average molecular weight is 320 g/mol. The summed E-state index contributed by atoms with van der Waals surface area (Å²) in [6.07, 6.45) is 8.07. The van der Waals surface area contributed by atoms with Crippen LogP contribution in [0.3, 0.4) is 0 Å². The highest BCUT2D eigenvalue weighted by atomic mass is 16.5. The molecule has 0 aliphatic carbocycles. The summed E-state index contributed by atoms with van der Waals surface area (Å²) in [6.45, 7) is 6.98. The van der Waals surface area contributed by atoms with Gasteiger partial charge in [-0.1, -0.05) is 13.3 Å². The fourth-order valence-corrected chi connectivity index (χ4v) is 3.48. The summed E-state index contributed by atoms with van der Waals surface area (Å²) in [5, 5.41) is 3.23. The van der Waals surface area contributed by atoms with Gasteiger partial charge in [0.1, 0.15) is 11.9 Å². The van der Waals surface area contributed by atoms with Gasteiger partial charge in [0, 0.05) is 51.0 Å². The Labute approximate surface area is 138 Å². The van der Waals surface area contributed by atoms with Gasteiger partial charge in [0.05, 0.1) is 6.61 Å². The zero-order valence-corrected chi connectivity index (χ0v) is 14.0. The second kappa shape index (κ2) is 7.93. The topological polar surface area (TPSA) is 59.4 Å². The van der Waals surface area contributed by atoms with Gasteiger partial charge in [-0.25, -0.2) is 4.98 Å². The number of aryl methyl sites for hydroxylation is 1. The molecule has 0 unspecified atom stereocenters. The summed E-state index contributed by atoms with van der Waals surface area (Å²) in [4.78, 5) is 19.0. The van der Waals surface area contributed by atoms with Crippen LogP contribution in [0.2, 0.25) is 0 Å². The highest BCUT2D eigenvalue weighted by Crippen LogP contribution is 2.27. The van der Waals surface area contributed by atoms with E-state index in [1.54, 1.807) is 0 Å². The van der Waals surface area contributed by atoms with Crippen molar-refractivity contribution < 1.29 is 9.53 Å². The number of nitrogens with zero attached hydrogens (tertiary/aromatic N) is 3. The molecule has 0 spiro atoms. The lowest BCUT2D eigenvalue weighted by atomic mass is 9.95. The molecule has 0 bridgehead atoms. The summed E-state index contributed by atoms with van der Waals surface area (Å²) < 4.78 is 7.88. The number of unbranched alkanes of at least 4 members (excludes halogenated alkanes) is 1. The number of morpholine rings is 1. The number of rotatable bonds is 5. The molecular weight excluding hydrogens is 292 g/mol. The summed E-state index contributed by atoms with van der Waals surface area (Å²) in [7, 11) is 0. The summed E-state index contributed by atoms with van der Waals surface area (Å²) in [6, 6.07) is 0. The van der Waals surface area contributed by atoms with Crippen molar-refractivity contribution in [3.05, 3.63) is 18.2 Å². The van der Waals surface area contributed by atoms with E-state index >= 15 is 0 Å². The molecule has 2 aliphatic heterocycles. The van der Waals surface area contributed by atoms with Gasteiger partial charge < -0.3 is 19.5 Å². The van der Waals surface area contributed by atoms with Crippen LogP contribution in [-0.2, 0) is 16.1 Å². The van der Waals surface area contributed by atoms with Crippen molar-refractivity contribution in [1.29, 1.82) is 0 Å². The van der Waals surface area contributed by atoms with E-state index in [1.165, 1.54) is 18.7 Å². The number of carbonyl (C=O) groups excluding carboxylic acids is 1. The van der Waals surface area contributed by atoms with Crippen molar-refractivity contribution >= 4 is 5.91 Å². The minimum Gasteiger partial charge on any atom is -0.366 e. The normalized spacial score (nSPS) is 23.2. The quantitative estimate of drug-likeness (QED) is 0.890. The van der Waals surface area contributed by atoms with Crippen LogP contribution < -0.4 is 5.32 Å². The van der Waals surface area contributed by atoms with E-state index in [1.807, 2.05) is 11.1 Å². The zero-order valence-electron chi connectivity index (χ0n) is 14.0. The van der Waals surface area contributed by atoms with E-state index in [9.17, 15) is 4.79 Å². The lowest BCUT2D eigenvalue weighted by molar-refractivity contribution is -0.146. The molecule has 1 N–H and O–H groups in total. The largest absolute Gasteiger partial charge is 0.366 e. The van der Waals surface area contributed by atoms with E-state index in [4.69, 9.17) is 4.74 Å². The van der Waals surface area contributed by atoms with Crippen molar-refractivity contribution in [2.75, 3.05) is 32.8 Å². The third-order valence-electron chi connectivity index (χ3n) is 4.88. The number of ether oxygens (including phenoxy) is 1. The molecule has 2 saturated heterocycles. The Balaban J connectivity index is 1.54. The third-order valence-corrected chi connectivity index (χ3v) is 4.88. The minimum atomic E-state index is -0.299. The summed E-state index contributed by atoms with van der Waals surface area (Å²) in [5.41, 5.74) is 0. The van der Waals surface area contributed by atoms with Crippen molar-refractivity contribution in [3.8, 4) is 0 Å². The maximum atomic E-state index is 12.5. The Morgan fingerprint density at radius 3 is 2.96 bits per heavy atom. The Kier molecular flexibility index (Phi) is 5.67. The molecule has 6 heteroatoms. The number of piperidine rings is 1. The number of aromatic nitrogens is 2. The number of nitrogens with one attached hydrogen (secondary N) is 1. The molecule has 1 aromatic heterocycles. The van der Waals surface area contributed by atoms with Crippen LogP contribution in [0.1, 0.15) is 44.3 Å². The standard InChI is InChI=1S/C17H28N4O2/c1-2-3-8-20-11-6-19-16(20)14-4-9-21(10-5-14)17(22)15-13-18-7-12-23-15/h6,11,14-15,18H,2-5,7-10,12-13H2,1H3/t15-/m0/s1. The highest BCUT2D eigenvalue weighted by molar-refractivity contribution is 5.81. The molecule has 2 aliphatic rings. The van der Waals surface area contributed by atoms with Crippen LogP contribution in [0, 0.1) is 0 Å². The van der Waals surface area contributed by atoms with Gasteiger partial charge in [0.25, 0.3) is 5.91 Å². The van der Waals surface area contributed by atoms with Gasteiger partial charge in [-0.15, -0.1) is 0 Å². The van der Waals surface area contributed by atoms with Crippen molar-refractivity contribution in [1.82, 2.24) is 19.8 Å². The molecule has 0 saturated carbocycles. The minimum absolute atomic E-state index is 0.143. The van der Waals surface area contributed by atoms with Gasteiger partial charge in [-0.3, -0.25) is 4.79 Å². The van der Waals surface area contributed by atoms with Crippen molar-refractivity contribution in [2.45, 2.75) is 51.2 Å². The third kappa shape index (κ3) is 3.93. The van der Waals surface area contributed by atoms with E-state index in [2.05, 4.69) is 28.0 Å². The van der Waals surface area contributed by atoms with Crippen LogP contribution in [0.25, 0.3) is 0 Å². The Morgan fingerprint density at radius 1 is 1.43 bits per heavy atom. The van der Waals surface area contributed by atoms with Gasteiger partial charge in [-0.2, -0.15) is 0 Å². The maximum absolute atomic E-state index is 12.5. The smallest absolute Gasteiger partial charge is 0.253 e. The maximum Gasteiger partial charge on any atom is 0.253 e. The molecule has 3 heterocycles. The van der Waals surface area contributed by atoms with Crippen LogP contribution in [-0.4, -0.2) is 59.2 Å². The van der Waals surface area contributed by atoms with Crippen LogP contribution in [0.15, 0.2) is 12.4 Å². The predicted molar refractivity (Wildman–Crippen MR) is 88.3 cm³/mol. The molecule has 3 rings (SSSR count).